The Morgan fingerprint density at radius 2 is 2.12 bits per heavy atom. The van der Waals surface area contributed by atoms with Crippen molar-refractivity contribution in [3.63, 3.8) is 0 Å². The van der Waals surface area contributed by atoms with E-state index in [9.17, 15) is 5.11 Å². The van der Waals surface area contributed by atoms with Gasteiger partial charge >= 0.3 is 0 Å². The smallest absolute Gasteiger partial charge is 0.129 e. The first-order valence-corrected chi connectivity index (χ1v) is 5.37. The summed E-state index contributed by atoms with van der Waals surface area (Å²) in [5, 5.41) is 10.5. The molecular weight excluding hydrogens is 202 g/mol. The Kier molecular flexibility index (Phi) is 3.01. The second kappa shape index (κ2) is 4.45. The van der Waals surface area contributed by atoms with Crippen LogP contribution in [0.15, 0.2) is 18.2 Å². The number of aromatic hydroxyl groups is 1. The van der Waals surface area contributed by atoms with Crippen molar-refractivity contribution in [2.24, 2.45) is 5.73 Å². The van der Waals surface area contributed by atoms with Crippen molar-refractivity contribution in [1.29, 1.82) is 0 Å². The van der Waals surface area contributed by atoms with Gasteiger partial charge in [0.05, 0.1) is 16.6 Å². The lowest BCUT2D eigenvalue weighted by molar-refractivity contribution is 0.481. The Balaban J connectivity index is 2.51. The fourth-order valence-corrected chi connectivity index (χ4v) is 1.78. The van der Waals surface area contributed by atoms with Gasteiger partial charge in [0, 0.05) is 6.42 Å². The van der Waals surface area contributed by atoms with Gasteiger partial charge in [-0.05, 0) is 32.0 Å². The highest BCUT2D eigenvalue weighted by Gasteiger charge is 2.07. The maximum atomic E-state index is 9.72. The van der Waals surface area contributed by atoms with Crippen LogP contribution in [0.25, 0.3) is 10.9 Å². The average Bonchev–Trinajstić information content (AvgIpc) is 2.26. The second-order valence-electron chi connectivity index (χ2n) is 3.79. The number of aromatic nitrogens is 2. The molecular formula is C12H15N3O. The quantitative estimate of drug-likeness (QED) is 0.818. The van der Waals surface area contributed by atoms with Gasteiger partial charge in [-0.25, -0.2) is 9.97 Å². The highest BCUT2D eigenvalue weighted by Crippen LogP contribution is 2.25. The molecule has 1 aromatic carbocycles. The Morgan fingerprint density at radius 1 is 1.31 bits per heavy atom. The zero-order chi connectivity index (χ0) is 11.5. The van der Waals surface area contributed by atoms with Gasteiger partial charge < -0.3 is 10.8 Å². The largest absolute Gasteiger partial charge is 0.507 e. The zero-order valence-corrected chi connectivity index (χ0v) is 9.27. The van der Waals surface area contributed by atoms with Crippen molar-refractivity contribution in [3.05, 3.63) is 29.7 Å². The minimum Gasteiger partial charge on any atom is -0.507 e. The number of phenolic OH excluding ortho intramolecular Hbond substituents is 1. The molecule has 0 fully saturated rings. The molecule has 0 aliphatic heterocycles. The van der Waals surface area contributed by atoms with Crippen LogP contribution in [0, 0.1) is 6.92 Å². The van der Waals surface area contributed by atoms with Crippen LogP contribution in [-0.4, -0.2) is 21.6 Å². The third-order valence-electron chi connectivity index (χ3n) is 2.53. The van der Waals surface area contributed by atoms with Gasteiger partial charge in [-0.3, -0.25) is 0 Å². The van der Waals surface area contributed by atoms with Crippen molar-refractivity contribution >= 4 is 10.9 Å². The minimum absolute atomic E-state index is 0.236. The molecule has 0 unspecified atom stereocenters. The third kappa shape index (κ3) is 1.97. The first-order valence-electron chi connectivity index (χ1n) is 5.37. The van der Waals surface area contributed by atoms with Crippen LogP contribution < -0.4 is 5.73 Å². The number of nitrogens with two attached hydrogens (primary N) is 1. The number of hydrogen-bond donors (Lipinski definition) is 2. The van der Waals surface area contributed by atoms with Crippen LogP contribution in [-0.2, 0) is 6.42 Å². The number of aryl methyl sites for hydroxylation is 2. The summed E-state index contributed by atoms with van der Waals surface area (Å²) < 4.78 is 0. The lowest BCUT2D eigenvalue weighted by Gasteiger charge is -2.06. The molecule has 1 aromatic heterocycles. The molecule has 3 N–H and O–H groups in total. The van der Waals surface area contributed by atoms with E-state index in [0.29, 0.717) is 6.54 Å². The highest BCUT2D eigenvalue weighted by atomic mass is 16.3. The summed E-state index contributed by atoms with van der Waals surface area (Å²) in [5.41, 5.74) is 7.06. The number of nitrogens with zero attached hydrogens (tertiary/aromatic N) is 2. The van der Waals surface area contributed by atoms with Gasteiger partial charge in [-0.15, -0.1) is 0 Å². The van der Waals surface area contributed by atoms with E-state index < -0.39 is 0 Å². The molecule has 2 aromatic rings. The van der Waals surface area contributed by atoms with Crippen molar-refractivity contribution in [1.82, 2.24) is 9.97 Å². The Labute approximate surface area is 94.1 Å². The maximum Gasteiger partial charge on any atom is 0.129 e. The van der Waals surface area contributed by atoms with E-state index in [-0.39, 0.29) is 5.75 Å². The van der Waals surface area contributed by atoms with Gasteiger partial charge in [0.15, 0.2) is 0 Å². The van der Waals surface area contributed by atoms with Gasteiger partial charge in [0.25, 0.3) is 0 Å². The van der Waals surface area contributed by atoms with Crippen LogP contribution in [0.1, 0.15) is 17.9 Å². The minimum atomic E-state index is 0.236. The molecule has 16 heavy (non-hydrogen) atoms. The lowest BCUT2D eigenvalue weighted by Crippen LogP contribution is -2.04. The van der Waals surface area contributed by atoms with E-state index >= 15 is 0 Å². The molecule has 1 heterocycles. The van der Waals surface area contributed by atoms with Crippen molar-refractivity contribution in [3.8, 4) is 5.75 Å². The first-order chi connectivity index (χ1) is 7.72. The van der Waals surface area contributed by atoms with E-state index in [0.717, 1.165) is 35.3 Å². The fourth-order valence-electron chi connectivity index (χ4n) is 1.78. The average molecular weight is 217 g/mol. The van der Waals surface area contributed by atoms with Crippen molar-refractivity contribution < 1.29 is 5.11 Å². The Morgan fingerprint density at radius 3 is 2.88 bits per heavy atom. The number of fused-ring (bicyclic) bond motifs is 1. The molecule has 0 atom stereocenters. The monoisotopic (exact) mass is 217 g/mol. The van der Waals surface area contributed by atoms with Crippen LogP contribution in [0.2, 0.25) is 0 Å². The third-order valence-corrected chi connectivity index (χ3v) is 2.53. The summed E-state index contributed by atoms with van der Waals surface area (Å²) in [6, 6.07) is 5.32. The molecule has 4 heteroatoms. The maximum absolute atomic E-state index is 9.72. The predicted octanol–water partition coefficient (Wildman–Crippen LogP) is 1.54. The number of benzene rings is 1. The van der Waals surface area contributed by atoms with Crippen molar-refractivity contribution in [2.45, 2.75) is 19.8 Å². The van der Waals surface area contributed by atoms with E-state index in [1.54, 1.807) is 12.1 Å². The molecule has 2 rings (SSSR count). The van der Waals surface area contributed by atoms with Gasteiger partial charge in [-0.2, -0.15) is 0 Å². The topological polar surface area (TPSA) is 72.0 Å². The van der Waals surface area contributed by atoms with E-state index in [4.69, 9.17) is 5.73 Å². The Hall–Kier alpha value is -1.68. The second-order valence-corrected chi connectivity index (χ2v) is 3.79. The van der Waals surface area contributed by atoms with E-state index in [2.05, 4.69) is 9.97 Å². The Bertz CT molecular complexity index is 511. The molecule has 0 amide bonds. The van der Waals surface area contributed by atoms with Gasteiger partial charge in [0.2, 0.25) is 0 Å². The molecule has 84 valence electrons. The van der Waals surface area contributed by atoms with Gasteiger partial charge in [0.1, 0.15) is 11.6 Å². The molecule has 0 aliphatic carbocycles. The molecule has 4 nitrogen and oxygen atoms in total. The van der Waals surface area contributed by atoms with Crippen LogP contribution in [0.3, 0.4) is 0 Å². The standard InChI is InChI=1S/C12H15N3O/c1-8-12-9(4-2-5-10(12)16)15-11(14-8)6-3-7-13/h2,4-5,16H,3,6-7,13H2,1H3. The SMILES string of the molecule is Cc1nc(CCCN)nc2cccc(O)c12. The fraction of sp³-hybridized carbons (Fsp3) is 0.333. The summed E-state index contributed by atoms with van der Waals surface area (Å²) in [6.45, 7) is 2.52. The van der Waals surface area contributed by atoms with Crippen LogP contribution in [0.5, 0.6) is 5.75 Å². The zero-order valence-electron chi connectivity index (χ0n) is 9.27. The first kappa shape index (κ1) is 10.8. The molecule has 0 bridgehead atoms. The molecule has 0 saturated carbocycles. The summed E-state index contributed by atoms with van der Waals surface area (Å²) in [4.78, 5) is 8.78. The predicted molar refractivity (Wildman–Crippen MR) is 63.3 cm³/mol. The van der Waals surface area contributed by atoms with Crippen LogP contribution in [0.4, 0.5) is 0 Å². The molecule has 0 radical (unpaired) electrons. The highest BCUT2D eigenvalue weighted by molar-refractivity contribution is 5.86. The summed E-state index contributed by atoms with van der Waals surface area (Å²) in [6.07, 6.45) is 1.66. The number of phenols is 1. The summed E-state index contributed by atoms with van der Waals surface area (Å²) >= 11 is 0. The van der Waals surface area contributed by atoms with Gasteiger partial charge in [-0.1, -0.05) is 6.07 Å². The number of rotatable bonds is 3. The van der Waals surface area contributed by atoms with Crippen LogP contribution >= 0.6 is 0 Å². The lowest BCUT2D eigenvalue weighted by atomic mass is 10.1. The summed E-state index contributed by atoms with van der Waals surface area (Å²) in [7, 11) is 0. The molecule has 0 saturated heterocycles. The summed E-state index contributed by atoms with van der Waals surface area (Å²) in [5.74, 6) is 1.03. The number of hydrogen-bond acceptors (Lipinski definition) is 4. The van der Waals surface area contributed by atoms with Crippen molar-refractivity contribution in [2.75, 3.05) is 6.54 Å². The van der Waals surface area contributed by atoms with E-state index in [1.807, 2.05) is 13.0 Å². The van der Waals surface area contributed by atoms with E-state index in [1.165, 1.54) is 0 Å². The molecule has 0 aliphatic rings. The molecule has 0 spiro atoms. The normalized spacial score (nSPS) is 10.9.